The second-order valence-corrected chi connectivity index (χ2v) is 7.06. The topological polar surface area (TPSA) is 79.9 Å². The third-order valence-corrected chi connectivity index (χ3v) is 5.24. The number of carbonyl (C=O) groups is 1. The molecular formula is C22H22F2N4O4. The van der Waals surface area contributed by atoms with E-state index in [1.807, 2.05) is 13.0 Å². The van der Waals surface area contributed by atoms with Gasteiger partial charge in [0.05, 0.1) is 39.3 Å². The molecule has 2 aromatic heterocycles. The molecule has 0 aliphatic carbocycles. The largest absolute Gasteiger partial charge is 0.501 e. The first kappa shape index (κ1) is 21.4. The summed E-state index contributed by atoms with van der Waals surface area (Å²) in [6, 6.07) is 2.33. The van der Waals surface area contributed by atoms with Gasteiger partial charge in [-0.25, -0.2) is 18.6 Å². The number of aromatic nitrogens is 2. The quantitative estimate of drug-likeness (QED) is 0.569. The number of urea groups is 1. The van der Waals surface area contributed by atoms with Crippen molar-refractivity contribution in [2.45, 2.75) is 13.5 Å². The van der Waals surface area contributed by atoms with Gasteiger partial charge in [-0.15, -0.1) is 0 Å². The molecule has 3 aromatic rings. The summed E-state index contributed by atoms with van der Waals surface area (Å²) in [5, 5.41) is 0.707. The van der Waals surface area contributed by atoms with Crippen LogP contribution >= 0.6 is 0 Å². The van der Waals surface area contributed by atoms with Gasteiger partial charge >= 0.3 is 6.03 Å². The maximum atomic E-state index is 15.0. The van der Waals surface area contributed by atoms with Crippen LogP contribution in [-0.2, 0) is 11.3 Å². The molecule has 0 bridgehead atoms. The number of halogens is 2. The van der Waals surface area contributed by atoms with Crippen LogP contribution in [0.25, 0.3) is 17.1 Å². The van der Waals surface area contributed by atoms with Gasteiger partial charge in [-0.1, -0.05) is 0 Å². The fraction of sp³-hybridized carbons (Fsp3) is 0.273. The van der Waals surface area contributed by atoms with E-state index < -0.39 is 23.4 Å². The molecule has 1 N–H and O–H groups in total. The maximum Gasteiger partial charge on any atom is 0.329 e. The first-order chi connectivity index (χ1) is 15.4. The van der Waals surface area contributed by atoms with Crippen LogP contribution in [-0.4, -0.2) is 43.9 Å². The molecule has 4 rings (SSSR count). The van der Waals surface area contributed by atoms with Crippen LogP contribution in [0.4, 0.5) is 25.0 Å². The van der Waals surface area contributed by atoms with Gasteiger partial charge in [0.25, 0.3) is 0 Å². The zero-order valence-electron chi connectivity index (χ0n) is 18.0. The molecule has 0 fully saturated rings. The minimum Gasteiger partial charge on any atom is -0.501 e. The molecule has 0 spiro atoms. The summed E-state index contributed by atoms with van der Waals surface area (Å²) >= 11 is 0. The highest BCUT2D eigenvalue weighted by Gasteiger charge is 2.36. The number of ether oxygens (including phenoxy) is 3. The molecule has 1 aliphatic heterocycles. The summed E-state index contributed by atoms with van der Waals surface area (Å²) in [4.78, 5) is 23.1. The van der Waals surface area contributed by atoms with Crippen LogP contribution in [0.5, 0.6) is 11.5 Å². The molecule has 1 aliphatic rings. The molecule has 8 nitrogen and oxygen atoms in total. The Kier molecular flexibility index (Phi) is 5.60. The zero-order chi connectivity index (χ0) is 23.0. The summed E-state index contributed by atoms with van der Waals surface area (Å²) < 4.78 is 45.3. The van der Waals surface area contributed by atoms with Crippen molar-refractivity contribution in [1.29, 1.82) is 0 Å². The van der Waals surface area contributed by atoms with Crippen LogP contribution in [0.3, 0.4) is 0 Å². The van der Waals surface area contributed by atoms with E-state index in [0.29, 0.717) is 28.9 Å². The number of H-pyrrole nitrogens is 1. The Hall–Kier alpha value is -3.82. The highest BCUT2D eigenvalue weighted by atomic mass is 19.1. The number of nitrogens with one attached hydrogen (secondary N) is 1. The van der Waals surface area contributed by atoms with Gasteiger partial charge < -0.3 is 19.2 Å². The number of aromatic amines is 1. The molecule has 0 saturated carbocycles. The van der Waals surface area contributed by atoms with Crippen molar-refractivity contribution in [2.24, 2.45) is 0 Å². The third-order valence-electron chi connectivity index (χ3n) is 5.24. The average molecular weight is 444 g/mol. The fourth-order valence-corrected chi connectivity index (χ4v) is 3.74. The van der Waals surface area contributed by atoms with Crippen molar-refractivity contribution in [2.75, 3.05) is 37.7 Å². The van der Waals surface area contributed by atoms with E-state index in [-0.39, 0.29) is 18.0 Å². The number of hydrogen-bond donors (Lipinski definition) is 1. The van der Waals surface area contributed by atoms with Gasteiger partial charge in [0.1, 0.15) is 11.3 Å². The first-order valence-electron chi connectivity index (χ1n) is 9.85. The van der Waals surface area contributed by atoms with E-state index in [4.69, 9.17) is 14.2 Å². The highest BCUT2D eigenvalue weighted by molar-refractivity contribution is 6.11. The van der Waals surface area contributed by atoms with E-state index in [1.54, 1.807) is 25.6 Å². The van der Waals surface area contributed by atoms with Crippen molar-refractivity contribution in [3.05, 3.63) is 47.5 Å². The predicted molar refractivity (Wildman–Crippen MR) is 116 cm³/mol. The minimum absolute atomic E-state index is 0.0824. The lowest BCUT2D eigenvalue weighted by Crippen LogP contribution is -2.46. The molecular weight excluding hydrogens is 422 g/mol. The molecule has 0 unspecified atom stereocenters. The molecule has 1 aromatic carbocycles. The zero-order valence-corrected chi connectivity index (χ0v) is 18.0. The lowest BCUT2D eigenvalue weighted by atomic mass is 10.1. The maximum absolute atomic E-state index is 15.0. The van der Waals surface area contributed by atoms with Crippen molar-refractivity contribution in [1.82, 2.24) is 9.97 Å². The van der Waals surface area contributed by atoms with Crippen molar-refractivity contribution in [3.8, 4) is 11.5 Å². The monoisotopic (exact) mass is 444 g/mol. The number of benzene rings is 1. The summed E-state index contributed by atoms with van der Waals surface area (Å²) in [6.07, 6.45) is 4.89. The molecule has 32 heavy (non-hydrogen) atoms. The summed E-state index contributed by atoms with van der Waals surface area (Å²) in [7, 11) is 4.05. The number of rotatable bonds is 6. The first-order valence-corrected chi connectivity index (χ1v) is 9.85. The molecule has 2 amide bonds. The van der Waals surface area contributed by atoms with Crippen LogP contribution in [0.1, 0.15) is 18.2 Å². The van der Waals surface area contributed by atoms with E-state index in [2.05, 4.69) is 9.97 Å². The Morgan fingerprint density at radius 1 is 1.16 bits per heavy atom. The second-order valence-electron chi connectivity index (χ2n) is 7.06. The Bertz CT molecular complexity index is 1200. The van der Waals surface area contributed by atoms with Gasteiger partial charge in [-0.05, 0) is 19.1 Å². The number of hydrogen-bond acceptors (Lipinski definition) is 5. The number of amides is 2. The minimum atomic E-state index is -0.991. The van der Waals surface area contributed by atoms with Crippen LogP contribution < -0.4 is 19.3 Å². The van der Waals surface area contributed by atoms with Crippen LogP contribution in [0, 0.1) is 11.6 Å². The number of nitrogens with zero attached hydrogens (tertiary/aromatic N) is 3. The Morgan fingerprint density at radius 2 is 1.84 bits per heavy atom. The molecule has 3 heterocycles. The number of pyridine rings is 1. The smallest absolute Gasteiger partial charge is 0.329 e. The fourth-order valence-electron chi connectivity index (χ4n) is 3.74. The summed E-state index contributed by atoms with van der Waals surface area (Å²) in [5.41, 5.74) is 2.01. The number of anilines is 2. The van der Waals surface area contributed by atoms with E-state index in [9.17, 15) is 4.79 Å². The number of fused-ring (bicyclic) bond motifs is 3. The van der Waals surface area contributed by atoms with Gasteiger partial charge in [0.15, 0.2) is 23.1 Å². The second kappa shape index (κ2) is 8.37. The SMILES string of the molecule is CCO/C=C\c1cc2c3c(cnc2[nH]1)CN(c1c(F)c(OC)cc(OC)c1F)C(=O)N3C. The van der Waals surface area contributed by atoms with E-state index >= 15 is 8.78 Å². The average Bonchev–Trinajstić information content (AvgIpc) is 3.20. The molecule has 168 valence electrons. The van der Waals surface area contributed by atoms with Crippen LogP contribution in [0.2, 0.25) is 0 Å². The molecule has 0 radical (unpaired) electrons. The number of methoxy groups -OCH3 is 2. The van der Waals surface area contributed by atoms with Gasteiger partial charge in [-0.3, -0.25) is 9.80 Å². The lowest BCUT2D eigenvalue weighted by Gasteiger charge is -2.35. The van der Waals surface area contributed by atoms with E-state index in [0.717, 1.165) is 16.7 Å². The lowest BCUT2D eigenvalue weighted by molar-refractivity contribution is 0.250. The molecule has 10 heteroatoms. The van der Waals surface area contributed by atoms with E-state index in [1.165, 1.54) is 19.1 Å². The normalized spacial score (nSPS) is 13.8. The van der Waals surface area contributed by atoms with Gasteiger partial charge in [-0.2, -0.15) is 0 Å². The summed E-state index contributed by atoms with van der Waals surface area (Å²) in [5.74, 6) is -2.45. The Labute approximate surface area is 183 Å². The standard InChI is InChI=1S/C22H22F2N4O4/c1-5-32-7-6-13-8-14-19-12(10-25-21(14)26-13)11-28(22(29)27(19)2)20-17(23)15(30-3)9-16(31-4)18(20)24/h6-10H,5,11H2,1-4H3,(H,25,26)/b7-6-. The molecule has 0 atom stereocenters. The Morgan fingerprint density at radius 3 is 2.47 bits per heavy atom. The van der Waals surface area contributed by atoms with Gasteiger partial charge in [0, 0.05) is 36.0 Å². The van der Waals surface area contributed by atoms with Crippen molar-refractivity contribution in [3.63, 3.8) is 0 Å². The highest BCUT2D eigenvalue weighted by Crippen LogP contribution is 2.42. The summed E-state index contributed by atoms with van der Waals surface area (Å²) in [6.45, 7) is 2.34. The van der Waals surface area contributed by atoms with Gasteiger partial charge in [0.2, 0.25) is 0 Å². The number of carbonyl (C=O) groups excluding carboxylic acids is 1. The van der Waals surface area contributed by atoms with Crippen molar-refractivity contribution >= 4 is 34.5 Å². The Balaban J connectivity index is 1.82. The molecule has 0 saturated heterocycles. The van der Waals surface area contributed by atoms with Crippen LogP contribution in [0.15, 0.2) is 24.6 Å². The third kappa shape index (κ3) is 3.37. The predicted octanol–water partition coefficient (Wildman–Crippen LogP) is 4.44. The van der Waals surface area contributed by atoms with Crippen molar-refractivity contribution < 1.29 is 27.8 Å².